The van der Waals surface area contributed by atoms with Gasteiger partial charge in [0.2, 0.25) is 0 Å². The van der Waals surface area contributed by atoms with Gasteiger partial charge in [0, 0.05) is 27.2 Å². The molecule has 0 bridgehead atoms. The van der Waals surface area contributed by atoms with E-state index in [-0.39, 0.29) is 5.56 Å². The second-order valence-electron chi connectivity index (χ2n) is 5.69. The minimum absolute atomic E-state index is 0.320. The van der Waals surface area contributed by atoms with Crippen LogP contribution in [-0.2, 0) is 27.2 Å². The van der Waals surface area contributed by atoms with Crippen molar-refractivity contribution in [2.45, 2.75) is 13.1 Å². The standard InChI is InChI=1S/C14H15N9O2/c1-20-12-9(13(24)21(2)14(20)25)22(7-19-12)3-4-23-6-18-8-10(15)16-5-17-11(8)23/h5-7H,3-4H2,1-2H3,(H2,15,16,17). The smallest absolute Gasteiger partial charge is 0.332 e. The zero-order valence-corrected chi connectivity index (χ0v) is 13.6. The summed E-state index contributed by atoms with van der Waals surface area (Å²) in [6, 6.07) is 0. The van der Waals surface area contributed by atoms with E-state index in [0.717, 1.165) is 4.57 Å². The van der Waals surface area contributed by atoms with Crippen LogP contribution >= 0.6 is 0 Å². The number of nitrogens with two attached hydrogens (primary N) is 1. The summed E-state index contributed by atoms with van der Waals surface area (Å²) in [5, 5.41) is 0. The van der Waals surface area contributed by atoms with Crippen LogP contribution < -0.4 is 17.0 Å². The molecule has 0 aromatic carbocycles. The number of hydrogen-bond donors (Lipinski definition) is 1. The van der Waals surface area contributed by atoms with Gasteiger partial charge in [-0.15, -0.1) is 0 Å². The second kappa shape index (κ2) is 5.26. The van der Waals surface area contributed by atoms with Crippen molar-refractivity contribution in [3.63, 3.8) is 0 Å². The van der Waals surface area contributed by atoms with Crippen molar-refractivity contribution >= 4 is 28.1 Å². The molecular formula is C14H15N9O2. The molecule has 4 aromatic rings. The van der Waals surface area contributed by atoms with E-state index in [1.54, 1.807) is 24.3 Å². The molecule has 0 spiro atoms. The van der Waals surface area contributed by atoms with Gasteiger partial charge >= 0.3 is 5.69 Å². The van der Waals surface area contributed by atoms with Gasteiger partial charge < -0.3 is 14.9 Å². The van der Waals surface area contributed by atoms with Gasteiger partial charge in [-0.3, -0.25) is 13.9 Å². The summed E-state index contributed by atoms with van der Waals surface area (Å²) < 4.78 is 5.97. The van der Waals surface area contributed by atoms with Gasteiger partial charge in [-0.25, -0.2) is 24.7 Å². The Morgan fingerprint density at radius 3 is 2.44 bits per heavy atom. The van der Waals surface area contributed by atoms with Crippen LogP contribution in [0, 0.1) is 0 Å². The number of aryl methyl sites for hydroxylation is 3. The van der Waals surface area contributed by atoms with E-state index in [0.29, 0.717) is 41.2 Å². The van der Waals surface area contributed by atoms with E-state index < -0.39 is 5.69 Å². The van der Waals surface area contributed by atoms with E-state index in [4.69, 9.17) is 5.73 Å². The molecule has 2 N–H and O–H groups in total. The Hall–Kier alpha value is -3.50. The minimum atomic E-state index is -0.407. The highest BCUT2D eigenvalue weighted by Gasteiger charge is 2.14. The van der Waals surface area contributed by atoms with Gasteiger partial charge in [0.15, 0.2) is 22.6 Å². The highest BCUT2D eigenvalue weighted by Crippen LogP contribution is 2.14. The van der Waals surface area contributed by atoms with Gasteiger partial charge in [-0.05, 0) is 0 Å². The van der Waals surface area contributed by atoms with Crippen LogP contribution in [0.2, 0.25) is 0 Å². The zero-order valence-electron chi connectivity index (χ0n) is 13.6. The molecule has 4 rings (SSSR count). The number of fused-ring (bicyclic) bond motifs is 2. The monoisotopic (exact) mass is 341 g/mol. The van der Waals surface area contributed by atoms with Crippen LogP contribution in [0.15, 0.2) is 28.6 Å². The maximum Gasteiger partial charge on any atom is 0.332 e. The predicted octanol–water partition coefficient (Wildman–Crippen LogP) is -1.14. The van der Waals surface area contributed by atoms with Crippen LogP contribution in [0.5, 0.6) is 0 Å². The molecule has 4 aromatic heterocycles. The van der Waals surface area contributed by atoms with Gasteiger partial charge in [0.1, 0.15) is 11.8 Å². The third kappa shape index (κ3) is 2.12. The van der Waals surface area contributed by atoms with Gasteiger partial charge in [0.05, 0.1) is 12.7 Å². The van der Waals surface area contributed by atoms with Crippen molar-refractivity contribution in [1.29, 1.82) is 0 Å². The highest BCUT2D eigenvalue weighted by molar-refractivity contribution is 5.81. The molecule has 0 unspecified atom stereocenters. The molecule has 0 aliphatic heterocycles. The molecule has 0 atom stereocenters. The summed E-state index contributed by atoms with van der Waals surface area (Å²) >= 11 is 0. The average molecular weight is 341 g/mol. The van der Waals surface area contributed by atoms with Crippen molar-refractivity contribution in [1.82, 2.24) is 38.2 Å². The lowest BCUT2D eigenvalue weighted by Crippen LogP contribution is -2.37. The molecule has 11 nitrogen and oxygen atoms in total. The van der Waals surface area contributed by atoms with Crippen LogP contribution in [-0.4, -0.2) is 38.2 Å². The summed E-state index contributed by atoms with van der Waals surface area (Å²) in [6.07, 6.45) is 4.56. The summed E-state index contributed by atoms with van der Waals surface area (Å²) in [4.78, 5) is 40.9. The lowest BCUT2D eigenvalue weighted by molar-refractivity contribution is 0.593. The Bertz CT molecular complexity index is 1230. The Morgan fingerprint density at radius 2 is 1.64 bits per heavy atom. The van der Waals surface area contributed by atoms with Crippen LogP contribution in [0.4, 0.5) is 5.82 Å². The predicted molar refractivity (Wildman–Crippen MR) is 90.0 cm³/mol. The first-order valence-corrected chi connectivity index (χ1v) is 7.51. The SMILES string of the molecule is Cn1c(=O)c2c(ncn2CCn2cnc3c(N)ncnc32)n(C)c1=O. The number of hydrogen-bond acceptors (Lipinski definition) is 7. The fourth-order valence-corrected chi connectivity index (χ4v) is 2.84. The first-order chi connectivity index (χ1) is 12.0. The van der Waals surface area contributed by atoms with E-state index >= 15 is 0 Å². The molecule has 0 fully saturated rings. The molecule has 25 heavy (non-hydrogen) atoms. The molecule has 0 amide bonds. The normalized spacial score (nSPS) is 11.6. The molecule has 0 aliphatic carbocycles. The number of aromatic nitrogens is 8. The first-order valence-electron chi connectivity index (χ1n) is 7.51. The Morgan fingerprint density at radius 1 is 0.920 bits per heavy atom. The summed E-state index contributed by atoms with van der Waals surface area (Å²) in [5.41, 5.74) is 6.89. The van der Waals surface area contributed by atoms with E-state index in [1.165, 1.54) is 17.9 Å². The summed E-state index contributed by atoms with van der Waals surface area (Å²) in [6.45, 7) is 0.962. The molecule has 0 saturated carbocycles. The van der Waals surface area contributed by atoms with Crippen molar-refractivity contribution < 1.29 is 0 Å². The molecule has 4 heterocycles. The number of anilines is 1. The number of nitrogen functional groups attached to an aromatic ring is 1. The Labute approximate surface area is 140 Å². The zero-order chi connectivity index (χ0) is 17.7. The molecule has 128 valence electrons. The third-order valence-electron chi connectivity index (χ3n) is 4.23. The second-order valence-corrected chi connectivity index (χ2v) is 5.69. The van der Waals surface area contributed by atoms with Crippen molar-refractivity contribution in [2.75, 3.05) is 5.73 Å². The fraction of sp³-hybridized carbons (Fsp3) is 0.286. The summed E-state index contributed by atoms with van der Waals surface area (Å²) in [5.74, 6) is 0.320. The van der Waals surface area contributed by atoms with Gasteiger partial charge in [-0.2, -0.15) is 0 Å². The van der Waals surface area contributed by atoms with Crippen molar-refractivity contribution in [3.05, 3.63) is 39.8 Å². The maximum atomic E-state index is 12.4. The quantitative estimate of drug-likeness (QED) is 0.498. The lowest BCUT2D eigenvalue weighted by Gasteiger charge is -2.07. The molecule has 0 aliphatic rings. The van der Waals surface area contributed by atoms with E-state index in [2.05, 4.69) is 19.9 Å². The Kier molecular flexibility index (Phi) is 3.17. The maximum absolute atomic E-state index is 12.4. The molecule has 0 saturated heterocycles. The number of imidazole rings is 2. The van der Waals surface area contributed by atoms with Gasteiger partial charge in [-0.1, -0.05) is 0 Å². The molecule has 11 heteroatoms. The minimum Gasteiger partial charge on any atom is -0.382 e. The largest absolute Gasteiger partial charge is 0.382 e. The summed E-state index contributed by atoms with van der Waals surface area (Å²) in [7, 11) is 3.04. The van der Waals surface area contributed by atoms with E-state index in [9.17, 15) is 9.59 Å². The van der Waals surface area contributed by atoms with Crippen molar-refractivity contribution in [3.8, 4) is 0 Å². The topological polar surface area (TPSA) is 131 Å². The number of rotatable bonds is 3. The molecular weight excluding hydrogens is 326 g/mol. The van der Waals surface area contributed by atoms with Crippen LogP contribution in [0.25, 0.3) is 22.3 Å². The third-order valence-corrected chi connectivity index (χ3v) is 4.23. The van der Waals surface area contributed by atoms with Gasteiger partial charge in [0.25, 0.3) is 5.56 Å². The van der Waals surface area contributed by atoms with Crippen LogP contribution in [0.3, 0.4) is 0 Å². The van der Waals surface area contributed by atoms with Crippen molar-refractivity contribution in [2.24, 2.45) is 14.1 Å². The Balaban J connectivity index is 1.75. The molecule has 0 radical (unpaired) electrons. The van der Waals surface area contributed by atoms with Crippen LogP contribution in [0.1, 0.15) is 0 Å². The lowest BCUT2D eigenvalue weighted by atomic mass is 10.4. The highest BCUT2D eigenvalue weighted by atomic mass is 16.2. The fourth-order valence-electron chi connectivity index (χ4n) is 2.84. The number of nitrogens with zero attached hydrogens (tertiary/aromatic N) is 8. The van der Waals surface area contributed by atoms with E-state index in [1.807, 2.05) is 4.57 Å². The first kappa shape index (κ1) is 15.1. The average Bonchev–Trinajstić information content (AvgIpc) is 3.21.